The molecule has 0 saturated heterocycles. The first-order chi connectivity index (χ1) is 20.5. The molecule has 0 aliphatic heterocycles. The second kappa shape index (κ2) is 30.9. The maximum atomic E-state index is 11.1. The fraction of sp³-hybridized carbons (Fsp3) is 0.680. The van der Waals surface area contributed by atoms with Crippen LogP contribution in [0.5, 0.6) is 0 Å². The standard InChI is InChI=1S/C9H17N3O4.C7H13NO3.C3H8N2O.2C3H7NO2/c1-6(13)10-5-11-7(14)12-8(15)16-9(2,3)4;1-7(2,3)11-6(10)8-4-5-9;1-3(6)5-2-4;2*1-3(6)4-2-5/h5H2,1-4H3,(H,10,13)(H2,11,12,14,15);5H,4H2,1-3H3,(H,8,10);2,4H2,1H3,(H,5,6);2*5H,2H2,1H3,(H,4,6). The fourth-order valence-electron chi connectivity index (χ4n) is 1.50. The molecular weight excluding hydrogens is 604 g/mol. The summed E-state index contributed by atoms with van der Waals surface area (Å²) in [6.07, 6.45) is -0.804. The molecule has 0 bridgehead atoms. The number of hydrogen-bond acceptors (Lipinski definition) is 13. The average molecular weight is 657 g/mol. The van der Waals surface area contributed by atoms with E-state index in [1.54, 1.807) is 41.5 Å². The number of urea groups is 1. The van der Waals surface area contributed by atoms with Crippen LogP contribution in [0.1, 0.15) is 69.2 Å². The predicted molar refractivity (Wildman–Crippen MR) is 162 cm³/mol. The van der Waals surface area contributed by atoms with Gasteiger partial charge >= 0.3 is 18.2 Å². The highest BCUT2D eigenvalue weighted by atomic mass is 16.6. The monoisotopic (exact) mass is 656 g/mol. The van der Waals surface area contributed by atoms with E-state index in [1.807, 2.05) is 5.32 Å². The SMILES string of the molecule is CC(=O)NCN.CC(=O)NCNC(=O)NC(=O)OC(C)(C)C.CC(=O)NCO.CC(=O)NCO.CC(C)(C)OC(=O)NCC=O. The molecule has 0 aliphatic carbocycles. The summed E-state index contributed by atoms with van der Waals surface area (Å²) >= 11 is 0. The molecule has 45 heavy (non-hydrogen) atoms. The summed E-state index contributed by atoms with van der Waals surface area (Å²) in [5.74, 6) is -0.787. The number of carbonyl (C=O) groups is 8. The third kappa shape index (κ3) is 68.4. The van der Waals surface area contributed by atoms with Crippen LogP contribution in [0.25, 0.3) is 0 Å². The highest BCUT2D eigenvalue weighted by Crippen LogP contribution is 2.06. The molecule has 0 heterocycles. The number of nitrogens with one attached hydrogen (secondary N) is 7. The highest BCUT2D eigenvalue weighted by molar-refractivity contribution is 5.90. The van der Waals surface area contributed by atoms with Gasteiger partial charge in [-0.2, -0.15) is 0 Å². The van der Waals surface area contributed by atoms with E-state index in [0.717, 1.165) is 0 Å². The summed E-state index contributed by atoms with van der Waals surface area (Å²) in [7, 11) is 0. The third-order valence-electron chi connectivity index (χ3n) is 2.94. The first-order valence-corrected chi connectivity index (χ1v) is 13.1. The lowest BCUT2D eigenvalue weighted by atomic mass is 10.2. The first-order valence-electron chi connectivity index (χ1n) is 13.1. The lowest BCUT2D eigenvalue weighted by Gasteiger charge is -2.19. The number of amides is 8. The van der Waals surface area contributed by atoms with Crippen LogP contribution in [0.3, 0.4) is 0 Å². The van der Waals surface area contributed by atoms with Crippen molar-refractivity contribution in [3.05, 3.63) is 0 Å². The molecule has 20 nitrogen and oxygen atoms in total. The second-order valence-electron chi connectivity index (χ2n) is 9.81. The van der Waals surface area contributed by atoms with Gasteiger partial charge in [-0.3, -0.25) is 19.2 Å². The zero-order valence-corrected chi connectivity index (χ0v) is 27.7. The molecule has 264 valence electrons. The van der Waals surface area contributed by atoms with E-state index in [-0.39, 0.29) is 57.0 Å². The van der Waals surface area contributed by atoms with E-state index in [4.69, 9.17) is 25.4 Å². The van der Waals surface area contributed by atoms with Gasteiger partial charge in [-0.15, -0.1) is 0 Å². The van der Waals surface area contributed by atoms with Crippen LogP contribution < -0.4 is 43.0 Å². The van der Waals surface area contributed by atoms with E-state index in [1.165, 1.54) is 27.7 Å². The normalized spacial score (nSPS) is 9.27. The van der Waals surface area contributed by atoms with Crippen molar-refractivity contribution in [2.24, 2.45) is 5.73 Å². The number of carbonyl (C=O) groups excluding carboxylic acids is 8. The molecule has 8 amide bonds. The van der Waals surface area contributed by atoms with Gasteiger partial charge in [0.15, 0.2) is 0 Å². The zero-order valence-electron chi connectivity index (χ0n) is 27.7. The Bertz CT molecular complexity index is 850. The Morgan fingerprint density at radius 3 is 1.24 bits per heavy atom. The van der Waals surface area contributed by atoms with Crippen LogP contribution >= 0.6 is 0 Å². The van der Waals surface area contributed by atoms with Gasteiger partial charge in [0.1, 0.15) is 30.9 Å². The zero-order chi connectivity index (χ0) is 36.6. The van der Waals surface area contributed by atoms with Crippen LogP contribution in [-0.4, -0.2) is 103 Å². The lowest BCUT2D eigenvalue weighted by Crippen LogP contribution is -2.45. The number of nitrogens with two attached hydrogens (primary N) is 1. The Hall–Kier alpha value is -4.56. The van der Waals surface area contributed by atoms with Crippen LogP contribution in [0.4, 0.5) is 14.4 Å². The molecule has 0 fully saturated rings. The van der Waals surface area contributed by atoms with Gasteiger partial charge in [0.2, 0.25) is 23.6 Å². The van der Waals surface area contributed by atoms with Gasteiger partial charge in [0, 0.05) is 27.7 Å². The van der Waals surface area contributed by atoms with Crippen molar-refractivity contribution >= 4 is 48.1 Å². The Morgan fingerprint density at radius 2 is 1.00 bits per heavy atom. The summed E-state index contributed by atoms with van der Waals surface area (Å²) in [6, 6.07) is -0.733. The van der Waals surface area contributed by atoms with Crippen LogP contribution in [0.15, 0.2) is 0 Å². The minimum absolute atomic E-state index is 0.00505. The van der Waals surface area contributed by atoms with Crippen molar-refractivity contribution < 1.29 is 58.0 Å². The van der Waals surface area contributed by atoms with E-state index < -0.39 is 29.4 Å². The predicted octanol–water partition coefficient (Wildman–Crippen LogP) is -1.79. The Balaban J connectivity index is -0.000000159. The molecule has 11 N–H and O–H groups in total. The number of aldehydes is 1. The average Bonchev–Trinajstić information content (AvgIpc) is 2.81. The maximum Gasteiger partial charge on any atom is 0.415 e. The van der Waals surface area contributed by atoms with Crippen molar-refractivity contribution in [1.82, 2.24) is 37.2 Å². The van der Waals surface area contributed by atoms with Gasteiger partial charge in [-0.1, -0.05) is 0 Å². The second-order valence-corrected chi connectivity index (χ2v) is 9.81. The topological polar surface area (TPSA) is 306 Å². The number of rotatable bonds is 7. The molecule has 0 aromatic rings. The van der Waals surface area contributed by atoms with Crippen LogP contribution in [-0.2, 0) is 33.4 Å². The van der Waals surface area contributed by atoms with Crippen molar-refractivity contribution in [3.8, 4) is 0 Å². The van der Waals surface area contributed by atoms with E-state index in [0.29, 0.717) is 6.29 Å². The number of imide groups is 1. The van der Waals surface area contributed by atoms with E-state index in [9.17, 15) is 38.4 Å². The Morgan fingerprint density at radius 1 is 0.622 bits per heavy atom. The maximum absolute atomic E-state index is 11.1. The molecule has 0 atom stereocenters. The summed E-state index contributed by atoms with van der Waals surface area (Å²) in [6.45, 7) is 15.4. The van der Waals surface area contributed by atoms with Gasteiger partial charge < -0.3 is 62.1 Å². The fourth-order valence-corrected chi connectivity index (χ4v) is 1.50. The van der Waals surface area contributed by atoms with Gasteiger partial charge in [-0.05, 0) is 41.5 Å². The summed E-state index contributed by atoms with van der Waals surface area (Å²) in [5, 5.41) is 31.2. The summed E-state index contributed by atoms with van der Waals surface area (Å²) in [4.78, 5) is 82.5. The quantitative estimate of drug-likeness (QED) is 0.107. The molecule has 0 unspecified atom stereocenters. The van der Waals surface area contributed by atoms with Crippen molar-refractivity contribution in [2.75, 3.05) is 33.3 Å². The van der Waals surface area contributed by atoms with Gasteiger partial charge in [0.25, 0.3) is 0 Å². The van der Waals surface area contributed by atoms with Crippen LogP contribution in [0.2, 0.25) is 0 Å². The molecular formula is C25H52N8O12. The van der Waals surface area contributed by atoms with Crippen molar-refractivity contribution in [2.45, 2.75) is 80.4 Å². The van der Waals surface area contributed by atoms with Crippen molar-refractivity contribution in [1.29, 1.82) is 0 Å². The number of ether oxygens (including phenoxy) is 2. The largest absolute Gasteiger partial charge is 0.444 e. The highest BCUT2D eigenvalue weighted by Gasteiger charge is 2.18. The molecule has 0 spiro atoms. The number of hydrogen-bond donors (Lipinski definition) is 10. The summed E-state index contributed by atoms with van der Waals surface area (Å²) < 4.78 is 9.67. The molecule has 0 saturated carbocycles. The minimum atomic E-state index is -0.840. The first kappa shape index (κ1) is 50.1. The lowest BCUT2D eigenvalue weighted by molar-refractivity contribution is -0.120. The van der Waals surface area contributed by atoms with Gasteiger partial charge in [0.05, 0.1) is 19.9 Å². The number of aliphatic hydroxyl groups is 2. The smallest absolute Gasteiger partial charge is 0.415 e. The van der Waals surface area contributed by atoms with E-state index in [2.05, 4.69) is 31.9 Å². The van der Waals surface area contributed by atoms with Crippen LogP contribution in [0, 0.1) is 0 Å². The minimum Gasteiger partial charge on any atom is -0.444 e. The Labute approximate surface area is 263 Å². The van der Waals surface area contributed by atoms with Crippen molar-refractivity contribution in [3.63, 3.8) is 0 Å². The van der Waals surface area contributed by atoms with Gasteiger partial charge in [-0.25, -0.2) is 19.7 Å². The number of aliphatic hydroxyl groups excluding tert-OH is 2. The molecule has 20 heteroatoms. The number of alkyl carbamates (subject to hydrolysis) is 2. The molecule has 0 aromatic heterocycles. The third-order valence-corrected chi connectivity index (χ3v) is 2.94. The molecule has 0 aliphatic rings. The molecule has 0 aromatic carbocycles. The van der Waals surface area contributed by atoms with E-state index >= 15 is 0 Å². The molecule has 0 rings (SSSR count). The summed E-state index contributed by atoms with van der Waals surface area (Å²) in [5.41, 5.74) is 3.73. The Kier molecular flexibility index (Phi) is 34.4. The molecule has 0 radical (unpaired) electrons.